The van der Waals surface area contributed by atoms with Crippen LogP contribution >= 0.6 is 0 Å². The fourth-order valence-corrected chi connectivity index (χ4v) is 3.32. The Hall–Kier alpha value is -1.71. The first kappa shape index (κ1) is 19.6. The normalized spacial score (nSPS) is 14.6. The molecule has 1 fully saturated rings. The molecule has 9 heteroatoms. The molecule has 0 aromatic heterocycles. The van der Waals surface area contributed by atoms with E-state index in [2.05, 4.69) is 0 Å². The number of hydrogen-bond acceptors (Lipinski definition) is 4. The van der Waals surface area contributed by atoms with Gasteiger partial charge in [0.05, 0.1) is 17.1 Å². The van der Waals surface area contributed by atoms with E-state index < -0.39 is 21.9 Å². The summed E-state index contributed by atoms with van der Waals surface area (Å²) in [4.78, 5) is 24.1. The van der Waals surface area contributed by atoms with Gasteiger partial charge in [0.1, 0.15) is 6.42 Å². The minimum absolute atomic E-state index is 0. The zero-order valence-corrected chi connectivity index (χ0v) is 16.3. The van der Waals surface area contributed by atoms with E-state index in [0.717, 1.165) is 0 Å². The summed E-state index contributed by atoms with van der Waals surface area (Å²) < 4.78 is 32.3. The third kappa shape index (κ3) is 4.10. The van der Waals surface area contributed by atoms with Crippen LogP contribution in [-0.2, 0) is 26.3 Å². The van der Waals surface area contributed by atoms with Crippen molar-refractivity contribution in [2.45, 2.75) is 17.9 Å². The predicted octanol–water partition coefficient (Wildman–Crippen LogP) is -1.27. The number of amides is 2. The van der Waals surface area contributed by atoms with E-state index in [9.17, 15) is 22.6 Å². The summed E-state index contributed by atoms with van der Waals surface area (Å²) in [5.41, 5.74) is 0.738. The van der Waals surface area contributed by atoms with Gasteiger partial charge < -0.3 is 1.43 Å². The second-order valence-electron chi connectivity index (χ2n) is 5.25. The van der Waals surface area contributed by atoms with Gasteiger partial charge in [0.25, 0.3) is 21.9 Å². The van der Waals surface area contributed by atoms with Gasteiger partial charge in [-0.15, -0.1) is 0 Å². The molecule has 0 spiro atoms. The average molecular weight is 370 g/mol. The van der Waals surface area contributed by atoms with Crippen molar-refractivity contribution in [3.63, 3.8) is 0 Å². The maximum Gasteiger partial charge on any atom is 1.00 e. The van der Waals surface area contributed by atoms with E-state index in [4.69, 9.17) is 0 Å². The Balaban J connectivity index is 0.00000169. The van der Waals surface area contributed by atoms with Crippen LogP contribution in [0.2, 0.25) is 0 Å². The van der Waals surface area contributed by atoms with Gasteiger partial charge in [-0.1, -0.05) is 36.4 Å². The van der Waals surface area contributed by atoms with Gasteiger partial charge in [-0.3, -0.25) is 14.1 Å². The van der Waals surface area contributed by atoms with Crippen LogP contribution in [0.25, 0.3) is 0 Å². The summed E-state index contributed by atoms with van der Waals surface area (Å²) in [6.07, 6.45) is -0.289. The van der Waals surface area contributed by atoms with Gasteiger partial charge in [0.2, 0.25) is 0 Å². The first-order valence-corrected chi connectivity index (χ1v) is 8.55. The second kappa shape index (κ2) is 7.67. The first-order chi connectivity index (χ1) is 11.4. The molecule has 0 bridgehead atoms. The van der Waals surface area contributed by atoms with E-state index in [1.807, 2.05) is 0 Å². The molecule has 2 amide bonds. The third-order valence-electron chi connectivity index (χ3n) is 3.64. The molecule has 0 atom stereocenters. The molecule has 25 heavy (non-hydrogen) atoms. The molecule has 1 saturated heterocycles. The molecule has 0 aliphatic carbocycles. The number of hydrazine groups is 1. The van der Waals surface area contributed by atoms with Crippen molar-refractivity contribution >= 4 is 27.6 Å². The zero-order chi connectivity index (χ0) is 17.3. The van der Waals surface area contributed by atoms with Crippen LogP contribution in [-0.4, -0.2) is 29.8 Å². The Morgan fingerprint density at radius 1 is 0.960 bits per heavy atom. The van der Waals surface area contributed by atoms with E-state index in [1.54, 1.807) is 36.4 Å². The molecule has 126 valence electrons. The van der Waals surface area contributed by atoms with Crippen molar-refractivity contribution in [2.75, 3.05) is 5.01 Å². The van der Waals surface area contributed by atoms with Crippen molar-refractivity contribution in [3.05, 3.63) is 60.2 Å². The van der Waals surface area contributed by atoms with E-state index >= 15 is 0 Å². The predicted molar refractivity (Wildman–Crippen MR) is 86.5 cm³/mol. The molecule has 0 unspecified atom stereocenters. The quantitative estimate of drug-likeness (QED) is 0.411. The molecule has 1 heterocycles. The van der Waals surface area contributed by atoms with Crippen LogP contribution in [0.3, 0.4) is 0 Å². The molecule has 2 aromatic rings. The fourth-order valence-electron chi connectivity index (χ4n) is 2.60. The van der Waals surface area contributed by atoms with Gasteiger partial charge >= 0.3 is 29.6 Å². The molecule has 1 aliphatic heterocycles. The molecule has 7 nitrogen and oxygen atoms in total. The summed E-state index contributed by atoms with van der Waals surface area (Å²) in [7, 11) is -4.43. The molecule has 2 aromatic carbocycles. The van der Waals surface area contributed by atoms with Crippen LogP contribution in [0, 0.1) is 0 Å². The number of hydrogen-bond donors (Lipinski definition) is 1. The number of carbonyl (C=O) groups excluding carboxylic acids is 2. The molecule has 0 saturated carbocycles. The number of para-hydroxylation sites is 1. The summed E-state index contributed by atoms with van der Waals surface area (Å²) >= 11 is 0. The summed E-state index contributed by atoms with van der Waals surface area (Å²) in [6, 6.07) is 14.4. The Morgan fingerprint density at radius 3 is 2.20 bits per heavy atom. The maximum atomic E-state index is 12.2. The average Bonchev–Trinajstić information content (AvgIpc) is 2.81. The largest absolute Gasteiger partial charge is 1.00 e. The Kier molecular flexibility index (Phi) is 6.02. The summed E-state index contributed by atoms with van der Waals surface area (Å²) in [5.74, 6) is -0.829. The van der Waals surface area contributed by atoms with Crippen LogP contribution in [0.15, 0.2) is 59.5 Å². The molecule has 1 aliphatic rings. The zero-order valence-electron chi connectivity index (χ0n) is 14.5. The van der Waals surface area contributed by atoms with Crippen LogP contribution in [0.1, 0.15) is 13.4 Å². The maximum absolute atomic E-state index is 12.2. The Morgan fingerprint density at radius 2 is 1.56 bits per heavy atom. The molecule has 1 N–H and O–H groups in total. The van der Waals surface area contributed by atoms with Crippen molar-refractivity contribution in [1.29, 1.82) is 0 Å². The van der Waals surface area contributed by atoms with Crippen molar-refractivity contribution in [1.82, 2.24) is 5.01 Å². The van der Waals surface area contributed by atoms with E-state index in [1.165, 1.54) is 28.2 Å². The SMILES string of the molecule is O=C1CC(=O)N(c2ccccc2)N1Cc1ccccc1S(=O)(=O)O.[H-].[Na+]. The van der Waals surface area contributed by atoms with E-state index in [0.29, 0.717) is 5.69 Å². The van der Waals surface area contributed by atoms with Crippen molar-refractivity contribution in [3.8, 4) is 0 Å². The number of anilines is 1. The molecular weight excluding hydrogens is 355 g/mol. The van der Waals surface area contributed by atoms with E-state index in [-0.39, 0.29) is 54.4 Å². The fraction of sp³-hybridized carbons (Fsp3) is 0.125. The molecular formula is C16H15N2NaO5S. The van der Waals surface area contributed by atoms with Gasteiger partial charge in [0.15, 0.2) is 0 Å². The smallest absolute Gasteiger partial charge is 1.00 e. The number of carbonyl (C=O) groups is 2. The van der Waals surface area contributed by atoms with Gasteiger partial charge in [-0.2, -0.15) is 8.42 Å². The van der Waals surface area contributed by atoms with Gasteiger partial charge in [-0.05, 0) is 23.8 Å². The molecule has 0 radical (unpaired) electrons. The second-order valence-corrected chi connectivity index (χ2v) is 6.64. The summed E-state index contributed by atoms with van der Waals surface area (Å²) in [5, 5.41) is 2.41. The standard InChI is InChI=1S/C16H14N2O5S.Na.H/c19-15-10-16(20)18(13-7-2-1-3-8-13)17(15)11-12-6-4-5-9-14(12)24(21,22)23;;/h1-9H,10-11H2,(H,21,22,23);;/q;+1;-1. The monoisotopic (exact) mass is 370 g/mol. The molecule has 3 rings (SSSR count). The minimum Gasteiger partial charge on any atom is -1.00 e. The number of rotatable bonds is 4. The Bertz CT molecular complexity index is 908. The van der Waals surface area contributed by atoms with Gasteiger partial charge in [-0.25, -0.2) is 10.0 Å². The van der Waals surface area contributed by atoms with Crippen LogP contribution < -0.4 is 34.6 Å². The Labute approximate surface area is 168 Å². The topological polar surface area (TPSA) is 95.0 Å². The number of benzene rings is 2. The number of nitrogens with zero attached hydrogens (tertiary/aromatic N) is 2. The first-order valence-electron chi connectivity index (χ1n) is 7.11. The van der Waals surface area contributed by atoms with Crippen molar-refractivity contribution in [2.24, 2.45) is 0 Å². The van der Waals surface area contributed by atoms with Gasteiger partial charge in [0, 0.05) is 0 Å². The minimum atomic E-state index is -4.43. The van der Waals surface area contributed by atoms with Crippen LogP contribution in [0.4, 0.5) is 5.69 Å². The van der Waals surface area contributed by atoms with Crippen LogP contribution in [0.5, 0.6) is 0 Å². The third-order valence-corrected chi connectivity index (χ3v) is 4.59. The van der Waals surface area contributed by atoms with Crippen molar-refractivity contribution < 1.29 is 53.5 Å². The summed E-state index contributed by atoms with van der Waals surface area (Å²) in [6.45, 7) is -0.143.